The fraction of sp³-hybridized carbons (Fsp3) is 0.444. The van der Waals surface area contributed by atoms with Crippen LogP contribution < -0.4 is 5.32 Å². The third-order valence-electron chi connectivity index (χ3n) is 1.76. The van der Waals surface area contributed by atoms with E-state index in [1.165, 1.54) is 12.3 Å². The smallest absolute Gasteiger partial charge is 0.401 e. The van der Waals surface area contributed by atoms with Gasteiger partial charge in [-0.2, -0.15) is 13.2 Å². The first kappa shape index (κ1) is 12.6. The Balaban J connectivity index is 2.55. The highest BCUT2D eigenvalue weighted by atomic mass is 19.4. The summed E-state index contributed by atoms with van der Waals surface area (Å²) in [4.78, 5) is 11.1. The summed E-state index contributed by atoms with van der Waals surface area (Å²) in [6.07, 6.45) is -3.06. The van der Waals surface area contributed by atoms with Crippen LogP contribution in [0.25, 0.3) is 0 Å². The van der Waals surface area contributed by atoms with Gasteiger partial charge in [0.15, 0.2) is 0 Å². The summed E-state index contributed by atoms with van der Waals surface area (Å²) in [7, 11) is 1.16. The van der Waals surface area contributed by atoms with Crippen LogP contribution in [0.5, 0.6) is 0 Å². The van der Waals surface area contributed by atoms with Crippen molar-refractivity contribution in [1.82, 2.24) is 5.32 Å². The van der Waals surface area contributed by atoms with E-state index in [0.29, 0.717) is 5.56 Å². The maximum atomic E-state index is 11.8. The first-order chi connectivity index (χ1) is 7.44. The summed E-state index contributed by atoms with van der Waals surface area (Å²) in [5.74, 6) is -0.800. The molecule has 1 aromatic heterocycles. The molecule has 4 nitrogen and oxygen atoms in total. The third kappa shape index (κ3) is 3.58. The van der Waals surface area contributed by atoms with E-state index in [2.05, 4.69) is 10.1 Å². The molecule has 0 bridgehead atoms. The van der Waals surface area contributed by atoms with Crippen LogP contribution in [0.15, 0.2) is 16.7 Å². The van der Waals surface area contributed by atoms with Gasteiger partial charge >= 0.3 is 12.1 Å². The molecule has 0 atom stereocenters. The molecule has 90 valence electrons. The predicted molar refractivity (Wildman–Crippen MR) is 47.8 cm³/mol. The third-order valence-corrected chi connectivity index (χ3v) is 1.76. The molecule has 1 rings (SSSR count). The molecule has 1 heterocycles. The number of alkyl halides is 3. The van der Waals surface area contributed by atoms with Crippen molar-refractivity contribution in [2.45, 2.75) is 12.7 Å². The predicted octanol–water partition coefficient (Wildman–Crippen LogP) is 1.72. The molecular weight excluding hydrogens is 227 g/mol. The lowest BCUT2D eigenvalue weighted by atomic mass is 10.2. The molecule has 0 unspecified atom stereocenters. The number of hydrogen-bond acceptors (Lipinski definition) is 4. The van der Waals surface area contributed by atoms with E-state index in [-0.39, 0.29) is 12.3 Å². The van der Waals surface area contributed by atoms with Crippen molar-refractivity contribution in [2.75, 3.05) is 13.7 Å². The fourth-order valence-corrected chi connectivity index (χ4v) is 1.09. The van der Waals surface area contributed by atoms with Crippen LogP contribution in [0.3, 0.4) is 0 Å². The SMILES string of the molecule is COC(=O)c1occc1CNCC(F)(F)F. The Hall–Kier alpha value is -1.50. The molecule has 0 aliphatic carbocycles. The van der Waals surface area contributed by atoms with Crippen molar-refractivity contribution in [3.05, 3.63) is 23.7 Å². The number of halogens is 3. The topological polar surface area (TPSA) is 51.5 Å². The van der Waals surface area contributed by atoms with E-state index in [1.54, 1.807) is 0 Å². The molecular formula is C9H10F3NO3. The zero-order valence-corrected chi connectivity index (χ0v) is 8.43. The first-order valence-corrected chi connectivity index (χ1v) is 4.36. The molecule has 16 heavy (non-hydrogen) atoms. The van der Waals surface area contributed by atoms with Crippen molar-refractivity contribution in [3.63, 3.8) is 0 Å². The average molecular weight is 237 g/mol. The summed E-state index contributed by atoms with van der Waals surface area (Å²) in [5, 5.41) is 2.15. The van der Waals surface area contributed by atoms with Crippen molar-refractivity contribution < 1.29 is 27.1 Å². The van der Waals surface area contributed by atoms with E-state index >= 15 is 0 Å². The molecule has 0 aromatic carbocycles. The molecule has 7 heteroatoms. The van der Waals surface area contributed by atoms with Crippen LogP contribution in [-0.4, -0.2) is 25.8 Å². The summed E-state index contributed by atoms with van der Waals surface area (Å²) in [6.45, 7) is -1.24. The number of ether oxygens (including phenoxy) is 1. The molecule has 0 saturated carbocycles. The second-order valence-corrected chi connectivity index (χ2v) is 2.99. The number of methoxy groups -OCH3 is 1. The molecule has 1 N–H and O–H groups in total. The Morgan fingerprint density at radius 2 is 2.25 bits per heavy atom. The van der Waals surface area contributed by atoms with Gasteiger partial charge in [0.2, 0.25) is 5.76 Å². The lowest BCUT2D eigenvalue weighted by molar-refractivity contribution is -0.125. The first-order valence-electron chi connectivity index (χ1n) is 4.36. The van der Waals surface area contributed by atoms with Crippen LogP contribution >= 0.6 is 0 Å². The Morgan fingerprint density at radius 1 is 1.56 bits per heavy atom. The minimum atomic E-state index is -4.28. The zero-order valence-electron chi connectivity index (χ0n) is 8.43. The number of furan rings is 1. The number of hydrogen-bond donors (Lipinski definition) is 1. The maximum absolute atomic E-state index is 11.8. The average Bonchev–Trinajstić information content (AvgIpc) is 2.63. The zero-order chi connectivity index (χ0) is 12.2. The van der Waals surface area contributed by atoms with Gasteiger partial charge in [0.05, 0.1) is 19.9 Å². The fourth-order valence-electron chi connectivity index (χ4n) is 1.09. The number of carbonyl (C=O) groups excluding carboxylic acids is 1. The summed E-state index contributed by atoms with van der Waals surface area (Å²) in [5.41, 5.74) is 0.330. The quantitative estimate of drug-likeness (QED) is 0.810. The van der Waals surface area contributed by atoms with Crippen LogP contribution in [0.2, 0.25) is 0 Å². The van der Waals surface area contributed by atoms with Gasteiger partial charge in [-0.15, -0.1) is 0 Å². The van der Waals surface area contributed by atoms with Crippen LogP contribution in [-0.2, 0) is 11.3 Å². The standard InChI is InChI=1S/C9H10F3NO3/c1-15-8(14)7-6(2-3-16-7)4-13-5-9(10,11)12/h2-3,13H,4-5H2,1H3. The number of carbonyl (C=O) groups is 1. The van der Waals surface area contributed by atoms with Gasteiger partial charge in [0, 0.05) is 12.1 Å². The van der Waals surface area contributed by atoms with E-state index in [1.807, 2.05) is 0 Å². The monoisotopic (exact) mass is 237 g/mol. The highest BCUT2D eigenvalue weighted by molar-refractivity contribution is 5.87. The van der Waals surface area contributed by atoms with E-state index in [9.17, 15) is 18.0 Å². The molecule has 0 saturated heterocycles. The van der Waals surface area contributed by atoms with E-state index in [4.69, 9.17) is 4.42 Å². The minimum absolute atomic E-state index is 0.0859. The molecule has 0 fully saturated rings. The van der Waals surface area contributed by atoms with Gasteiger partial charge in [-0.25, -0.2) is 4.79 Å². The highest BCUT2D eigenvalue weighted by Crippen LogP contribution is 2.14. The van der Waals surface area contributed by atoms with Crippen molar-refractivity contribution in [1.29, 1.82) is 0 Å². The highest BCUT2D eigenvalue weighted by Gasteiger charge is 2.26. The second kappa shape index (κ2) is 5.02. The summed E-state index contributed by atoms with van der Waals surface area (Å²) < 4.78 is 44.7. The Labute approximate surface area is 89.4 Å². The molecule has 0 spiro atoms. The molecule has 0 aliphatic rings. The van der Waals surface area contributed by atoms with Gasteiger partial charge in [-0.05, 0) is 6.07 Å². The summed E-state index contributed by atoms with van der Waals surface area (Å²) >= 11 is 0. The molecule has 0 aliphatic heterocycles. The Morgan fingerprint density at radius 3 is 2.81 bits per heavy atom. The van der Waals surface area contributed by atoms with Crippen LogP contribution in [0, 0.1) is 0 Å². The van der Waals surface area contributed by atoms with Crippen LogP contribution in [0.4, 0.5) is 13.2 Å². The Kier molecular flexibility index (Phi) is 3.94. The number of nitrogens with one attached hydrogen (secondary N) is 1. The van der Waals surface area contributed by atoms with Gasteiger partial charge in [0.25, 0.3) is 0 Å². The minimum Gasteiger partial charge on any atom is -0.463 e. The molecule has 0 radical (unpaired) electrons. The maximum Gasteiger partial charge on any atom is 0.401 e. The van der Waals surface area contributed by atoms with E-state index in [0.717, 1.165) is 7.11 Å². The van der Waals surface area contributed by atoms with Crippen LogP contribution in [0.1, 0.15) is 16.1 Å². The second-order valence-electron chi connectivity index (χ2n) is 2.99. The number of rotatable bonds is 4. The van der Waals surface area contributed by atoms with Crippen molar-refractivity contribution >= 4 is 5.97 Å². The molecule has 1 aromatic rings. The Bertz CT molecular complexity index is 359. The van der Waals surface area contributed by atoms with Gasteiger partial charge in [-0.3, -0.25) is 0 Å². The lowest BCUT2D eigenvalue weighted by Gasteiger charge is -2.07. The number of esters is 1. The lowest BCUT2D eigenvalue weighted by Crippen LogP contribution is -2.28. The molecule has 0 amide bonds. The normalized spacial score (nSPS) is 11.5. The van der Waals surface area contributed by atoms with Gasteiger partial charge in [0.1, 0.15) is 0 Å². The van der Waals surface area contributed by atoms with Crippen molar-refractivity contribution in [2.24, 2.45) is 0 Å². The van der Waals surface area contributed by atoms with Gasteiger partial charge in [-0.1, -0.05) is 0 Å². The largest absolute Gasteiger partial charge is 0.463 e. The van der Waals surface area contributed by atoms with E-state index < -0.39 is 18.7 Å². The summed E-state index contributed by atoms with van der Waals surface area (Å²) in [6, 6.07) is 1.41. The van der Waals surface area contributed by atoms with Gasteiger partial charge < -0.3 is 14.5 Å². The van der Waals surface area contributed by atoms with Crippen molar-refractivity contribution in [3.8, 4) is 0 Å².